The van der Waals surface area contributed by atoms with E-state index in [0.717, 1.165) is 5.56 Å². The van der Waals surface area contributed by atoms with Gasteiger partial charge in [0.05, 0.1) is 23.6 Å². The van der Waals surface area contributed by atoms with Crippen molar-refractivity contribution in [2.24, 2.45) is 4.99 Å². The maximum absolute atomic E-state index is 13.5. The number of aromatic nitrogens is 3. The lowest BCUT2D eigenvalue weighted by molar-refractivity contribution is -0.124. The van der Waals surface area contributed by atoms with E-state index in [-0.39, 0.29) is 51.6 Å². The SMILES string of the molecule is CCOC(=O)c1cc2c(=O)n3ccccc3nc2n(Cc2ccccc2)c1=NC(=O)C(C)Oc1ccc(Cl)cc1Cl. The van der Waals surface area contributed by atoms with Crippen LogP contribution in [0.2, 0.25) is 10.0 Å². The summed E-state index contributed by atoms with van der Waals surface area (Å²) in [5, 5.41) is 0.807. The van der Waals surface area contributed by atoms with Crippen LogP contribution >= 0.6 is 23.2 Å². The zero-order valence-corrected chi connectivity index (χ0v) is 23.6. The molecule has 3 aromatic heterocycles. The average molecular weight is 591 g/mol. The van der Waals surface area contributed by atoms with E-state index in [1.165, 1.54) is 23.5 Å². The lowest BCUT2D eigenvalue weighted by atomic mass is 10.1. The molecule has 0 spiro atoms. The fourth-order valence-electron chi connectivity index (χ4n) is 4.28. The number of rotatable bonds is 7. The van der Waals surface area contributed by atoms with E-state index in [4.69, 9.17) is 37.7 Å². The van der Waals surface area contributed by atoms with Crippen LogP contribution < -0.4 is 15.8 Å². The molecule has 5 aromatic rings. The van der Waals surface area contributed by atoms with E-state index in [1.54, 1.807) is 48.0 Å². The Hall–Kier alpha value is -4.47. The minimum absolute atomic E-state index is 0.0189. The van der Waals surface area contributed by atoms with Gasteiger partial charge in [-0.1, -0.05) is 59.6 Å². The second-order valence-electron chi connectivity index (χ2n) is 9.04. The minimum Gasteiger partial charge on any atom is -0.479 e. The maximum atomic E-state index is 13.5. The van der Waals surface area contributed by atoms with Crippen LogP contribution in [0.4, 0.5) is 0 Å². The quantitative estimate of drug-likeness (QED) is 0.193. The highest BCUT2D eigenvalue weighted by molar-refractivity contribution is 6.35. The Morgan fingerprint density at radius 3 is 2.51 bits per heavy atom. The summed E-state index contributed by atoms with van der Waals surface area (Å²) in [5.74, 6) is -1.19. The predicted molar refractivity (Wildman–Crippen MR) is 156 cm³/mol. The summed E-state index contributed by atoms with van der Waals surface area (Å²) in [5.41, 5.74) is 1.01. The second kappa shape index (κ2) is 12.0. The summed E-state index contributed by atoms with van der Waals surface area (Å²) >= 11 is 12.2. The first-order valence-electron chi connectivity index (χ1n) is 12.7. The molecule has 3 heterocycles. The summed E-state index contributed by atoms with van der Waals surface area (Å²) in [4.78, 5) is 49.3. The van der Waals surface area contributed by atoms with Gasteiger partial charge in [0.2, 0.25) is 0 Å². The maximum Gasteiger partial charge on any atom is 0.341 e. The number of hydrogen-bond acceptors (Lipinski definition) is 6. The lowest BCUT2D eigenvalue weighted by Gasteiger charge is -2.16. The summed E-state index contributed by atoms with van der Waals surface area (Å²) in [6, 6.07) is 20.5. The number of halogens is 2. The number of pyridine rings is 2. The molecule has 41 heavy (non-hydrogen) atoms. The molecule has 0 fully saturated rings. The van der Waals surface area contributed by atoms with E-state index >= 15 is 0 Å². The molecular formula is C30H24Cl2N4O5. The zero-order chi connectivity index (χ0) is 29.1. The third-order valence-electron chi connectivity index (χ3n) is 6.23. The van der Waals surface area contributed by atoms with Crippen molar-refractivity contribution in [3.05, 3.63) is 116 Å². The standard InChI is InChI=1S/C30H24Cl2N4O5/c1-3-40-30(39)22-16-21-26(33-25-11-7-8-14-35(25)29(21)38)36(17-19-9-5-4-6-10-19)27(22)34-28(37)18(2)41-24-13-12-20(31)15-23(24)32/h4-16,18H,3,17H2,1-2H3. The van der Waals surface area contributed by atoms with Crippen LogP contribution in [0.3, 0.4) is 0 Å². The molecule has 1 atom stereocenters. The van der Waals surface area contributed by atoms with Gasteiger partial charge < -0.3 is 14.0 Å². The molecule has 9 nitrogen and oxygen atoms in total. The highest BCUT2D eigenvalue weighted by Gasteiger charge is 2.22. The fourth-order valence-corrected chi connectivity index (χ4v) is 4.73. The molecule has 11 heteroatoms. The normalized spacial score (nSPS) is 12.4. The fraction of sp³-hybridized carbons (Fsp3) is 0.167. The largest absolute Gasteiger partial charge is 0.479 e. The Labute approximate surface area is 244 Å². The van der Waals surface area contributed by atoms with Gasteiger partial charge in [-0.05, 0) is 55.8 Å². The Balaban J connectivity index is 1.76. The van der Waals surface area contributed by atoms with Crippen molar-refractivity contribution in [3.8, 4) is 5.75 Å². The Bertz CT molecular complexity index is 1920. The number of carbonyl (C=O) groups excluding carboxylic acids is 2. The molecule has 208 valence electrons. The molecule has 1 unspecified atom stereocenters. The van der Waals surface area contributed by atoms with Crippen molar-refractivity contribution in [2.75, 3.05) is 6.61 Å². The van der Waals surface area contributed by atoms with Crippen LogP contribution in [-0.2, 0) is 16.1 Å². The average Bonchev–Trinajstić information content (AvgIpc) is 2.96. The smallest absolute Gasteiger partial charge is 0.341 e. The van der Waals surface area contributed by atoms with Crippen LogP contribution in [0.1, 0.15) is 29.8 Å². The number of carbonyl (C=O) groups is 2. The Morgan fingerprint density at radius 1 is 1.02 bits per heavy atom. The van der Waals surface area contributed by atoms with Gasteiger partial charge in [-0.2, -0.15) is 4.99 Å². The van der Waals surface area contributed by atoms with Crippen LogP contribution in [-0.4, -0.2) is 38.5 Å². The number of esters is 1. The molecular weight excluding hydrogens is 567 g/mol. The highest BCUT2D eigenvalue weighted by Crippen LogP contribution is 2.28. The van der Waals surface area contributed by atoms with Crippen molar-refractivity contribution in [1.82, 2.24) is 14.0 Å². The number of amides is 1. The molecule has 0 aliphatic rings. The van der Waals surface area contributed by atoms with Gasteiger partial charge in [0.15, 0.2) is 11.6 Å². The molecule has 2 aromatic carbocycles. The van der Waals surface area contributed by atoms with Crippen LogP contribution in [0.25, 0.3) is 16.7 Å². The van der Waals surface area contributed by atoms with Gasteiger partial charge in [0, 0.05) is 11.2 Å². The third kappa shape index (κ3) is 5.86. The number of benzene rings is 2. The number of hydrogen-bond donors (Lipinski definition) is 0. The van der Waals surface area contributed by atoms with Crippen molar-refractivity contribution < 1.29 is 19.1 Å². The Morgan fingerprint density at radius 2 is 1.78 bits per heavy atom. The topological polar surface area (TPSA) is 104 Å². The Kier molecular flexibility index (Phi) is 8.19. The van der Waals surface area contributed by atoms with Crippen LogP contribution in [0.15, 0.2) is 88.8 Å². The van der Waals surface area contributed by atoms with Gasteiger partial charge in [0.25, 0.3) is 11.5 Å². The molecule has 0 saturated carbocycles. The number of nitrogens with zero attached hydrogens (tertiary/aromatic N) is 4. The summed E-state index contributed by atoms with van der Waals surface area (Å²) in [6.45, 7) is 3.41. The van der Waals surface area contributed by atoms with E-state index in [1.807, 2.05) is 30.3 Å². The van der Waals surface area contributed by atoms with Gasteiger partial charge in [0.1, 0.15) is 22.6 Å². The summed E-state index contributed by atoms with van der Waals surface area (Å²) < 4.78 is 14.0. The van der Waals surface area contributed by atoms with Crippen molar-refractivity contribution in [2.45, 2.75) is 26.5 Å². The monoisotopic (exact) mass is 590 g/mol. The predicted octanol–water partition coefficient (Wildman–Crippen LogP) is 5.08. The molecule has 5 rings (SSSR count). The molecule has 0 N–H and O–H groups in total. The summed E-state index contributed by atoms with van der Waals surface area (Å²) in [6.07, 6.45) is 0.512. The van der Waals surface area contributed by atoms with E-state index in [9.17, 15) is 14.4 Å². The van der Waals surface area contributed by atoms with E-state index < -0.39 is 18.0 Å². The van der Waals surface area contributed by atoms with Crippen molar-refractivity contribution in [1.29, 1.82) is 0 Å². The summed E-state index contributed by atoms with van der Waals surface area (Å²) in [7, 11) is 0. The van der Waals surface area contributed by atoms with E-state index in [2.05, 4.69) is 4.99 Å². The lowest BCUT2D eigenvalue weighted by Crippen LogP contribution is -2.35. The molecule has 0 radical (unpaired) electrons. The number of ether oxygens (including phenoxy) is 2. The van der Waals surface area contributed by atoms with Gasteiger partial charge >= 0.3 is 5.97 Å². The highest BCUT2D eigenvalue weighted by atomic mass is 35.5. The van der Waals surface area contributed by atoms with Crippen molar-refractivity contribution >= 4 is 51.8 Å². The third-order valence-corrected chi connectivity index (χ3v) is 6.76. The zero-order valence-electron chi connectivity index (χ0n) is 22.1. The molecule has 0 aliphatic carbocycles. The minimum atomic E-state index is -1.08. The van der Waals surface area contributed by atoms with Crippen LogP contribution in [0.5, 0.6) is 5.75 Å². The molecule has 0 aliphatic heterocycles. The van der Waals surface area contributed by atoms with Gasteiger partial charge in [-0.3, -0.25) is 14.0 Å². The second-order valence-corrected chi connectivity index (χ2v) is 9.89. The molecule has 0 bridgehead atoms. The first-order chi connectivity index (χ1) is 19.8. The van der Waals surface area contributed by atoms with Crippen molar-refractivity contribution in [3.63, 3.8) is 0 Å². The first kappa shape index (κ1) is 28.1. The van der Waals surface area contributed by atoms with Gasteiger partial charge in [-0.15, -0.1) is 0 Å². The molecule has 0 saturated heterocycles. The van der Waals surface area contributed by atoms with E-state index in [0.29, 0.717) is 10.7 Å². The van der Waals surface area contributed by atoms with Gasteiger partial charge in [-0.25, -0.2) is 9.78 Å². The first-order valence-corrected chi connectivity index (χ1v) is 13.5. The number of fused-ring (bicyclic) bond motifs is 2. The van der Waals surface area contributed by atoms with Crippen LogP contribution in [0, 0.1) is 0 Å². The molecule has 1 amide bonds.